The Kier molecular flexibility index (Phi) is 8.85. The second-order valence-corrected chi connectivity index (χ2v) is 14.5. The topological polar surface area (TPSA) is 151 Å². The molecule has 2 amide bonds. The van der Waals surface area contributed by atoms with Gasteiger partial charge in [-0.25, -0.2) is 12.4 Å². The van der Waals surface area contributed by atoms with Crippen molar-refractivity contribution in [2.45, 2.75) is 31.2 Å². The predicted molar refractivity (Wildman–Crippen MR) is 188 cm³/mol. The Balaban J connectivity index is 1.48. The minimum Gasteiger partial charge on any atom is -0.495 e. The van der Waals surface area contributed by atoms with E-state index in [-0.39, 0.29) is 46.7 Å². The lowest BCUT2D eigenvalue weighted by Crippen LogP contribution is -2.41. The van der Waals surface area contributed by atoms with Gasteiger partial charge in [0, 0.05) is 25.0 Å². The molecule has 6 rings (SSSR count). The summed E-state index contributed by atoms with van der Waals surface area (Å²) in [5, 5.41) is 11.3. The van der Waals surface area contributed by atoms with E-state index in [1.165, 1.54) is 17.5 Å². The van der Waals surface area contributed by atoms with Crippen molar-refractivity contribution >= 4 is 73.0 Å². The van der Waals surface area contributed by atoms with E-state index in [4.69, 9.17) is 9.72 Å². The SMILES string of the molecule is CNC(=O)c1sccc1Nc1nc(Nc2cc3c(cc2OC)CC(C)N3C(=O)CN(C)C)nc2c1ccn2S(=O)(=O)c1ccc(C)cc1. The monoisotopic (exact) mass is 688 g/mol. The van der Waals surface area contributed by atoms with Gasteiger partial charge in [-0.1, -0.05) is 17.7 Å². The molecule has 4 heterocycles. The molecular formula is C33H36N8O5S2. The number of ether oxygens (including phenoxy) is 1. The predicted octanol–water partition coefficient (Wildman–Crippen LogP) is 4.73. The van der Waals surface area contributed by atoms with Gasteiger partial charge in [-0.15, -0.1) is 11.3 Å². The maximum Gasteiger partial charge on any atom is 0.269 e. The van der Waals surface area contributed by atoms with Crippen LogP contribution >= 0.6 is 11.3 Å². The Bertz CT molecular complexity index is 2140. The number of likely N-dealkylation sites (N-methyl/N-ethyl adjacent to an activating group) is 1. The number of anilines is 5. The molecule has 2 aromatic carbocycles. The Hall–Kier alpha value is -4.99. The average Bonchev–Trinajstić information content (AvgIpc) is 3.77. The molecule has 1 aliphatic heterocycles. The third-order valence-corrected chi connectivity index (χ3v) is 10.6. The number of hydrogen-bond acceptors (Lipinski definition) is 11. The summed E-state index contributed by atoms with van der Waals surface area (Å²) in [5.41, 5.74) is 3.74. The number of aryl methyl sites for hydroxylation is 1. The van der Waals surface area contributed by atoms with E-state index in [0.29, 0.717) is 33.8 Å². The van der Waals surface area contributed by atoms with Crippen LogP contribution in [0.2, 0.25) is 0 Å². The second kappa shape index (κ2) is 12.9. The number of nitrogens with zero attached hydrogens (tertiary/aromatic N) is 5. The molecule has 3 N–H and O–H groups in total. The number of fused-ring (bicyclic) bond motifs is 2. The largest absolute Gasteiger partial charge is 0.495 e. The van der Waals surface area contributed by atoms with Crippen molar-refractivity contribution in [3.8, 4) is 5.75 Å². The van der Waals surface area contributed by atoms with Crippen LogP contribution in [0.5, 0.6) is 5.75 Å². The van der Waals surface area contributed by atoms with Gasteiger partial charge in [0.1, 0.15) is 16.4 Å². The molecular weight excluding hydrogens is 653 g/mol. The minimum absolute atomic E-state index is 0.0339. The lowest BCUT2D eigenvalue weighted by molar-refractivity contribution is -0.119. The van der Waals surface area contributed by atoms with E-state index in [2.05, 4.69) is 20.9 Å². The highest BCUT2D eigenvalue weighted by atomic mass is 32.2. The summed E-state index contributed by atoms with van der Waals surface area (Å²) in [6.07, 6.45) is 2.10. The van der Waals surface area contributed by atoms with Gasteiger partial charge in [0.25, 0.3) is 15.9 Å². The highest BCUT2D eigenvalue weighted by Crippen LogP contribution is 2.41. The van der Waals surface area contributed by atoms with Crippen LogP contribution in [-0.4, -0.2) is 79.9 Å². The third kappa shape index (κ3) is 6.07. The molecule has 0 saturated carbocycles. The maximum atomic E-state index is 13.9. The van der Waals surface area contributed by atoms with Gasteiger partial charge in [0.2, 0.25) is 11.9 Å². The zero-order valence-corrected chi connectivity index (χ0v) is 29.0. The van der Waals surface area contributed by atoms with Crippen molar-refractivity contribution in [3.05, 3.63) is 76.1 Å². The van der Waals surface area contributed by atoms with Crippen molar-refractivity contribution in [2.24, 2.45) is 0 Å². The number of carbonyl (C=O) groups excluding carboxylic acids is 2. The van der Waals surface area contributed by atoms with E-state index in [1.807, 2.05) is 45.0 Å². The fraction of sp³-hybridized carbons (Fsp3) is 0.273. The first-order valence-corrected chi connectivity index (χ1v) is 17.5. The first-order chi connectivity index (χ1) is 22.9. The van der Waals surface area contributed by atoms with Crippen molar-refractivity contribution in [1.82, 2.24) is 24.2 Å². The molecule has 1 aliphatic rings. The number of rotatable bonds is 10. The first kappa shape index (κ1) is 32.9. The average molecular weight is 689 g/mol. The molecule has 0 radical (unpaired) electrons. The molecule has 0 bridgehead atoms. The summed E-state index contributed by atoms with van der Waals surface area (Å²) in [5.74, 6) is 0.537. The Morgan fingerprint density at radius 1 is 1.06 bits per heavy atom. The van der Waals surface area contributed by atoms with Crippen LogP contribution in [-0.2, 0) is 21.2 Å². The van der Waals surface area contributed by atoms with Crippen LogP contribution in [0.25, 0.3) is 11.0 Å². The number of hydrogen-bond donors (Lipinski definition) is 3. The number of nitrogens with one attached hydrogen (secondary N) is 3. The van der Waals surface area contributed by atoms with E-state index < -0.39 is 10.0 Å². The Labute approximate surface area is 282 Å². The highest BCUT2D eigenvalue weighted by Gasteiger charge is 2.33. The van der Waals surface area contributed by atoms with Gasteiger partial charge in [-0.3, -0.25) is 9.59 Å². The van der Waals surface area contributed by atoms with Gasteiger partial charge in [-0.05, 0) is 81.7 Å². The van der Waals surface area contributed by atoms with Crippen LogP contribution in [0.15, 0.2) is 65.0 Å². The number of amides is 2. The number of carbonyl (C=O) groups is 2. The van der Waals surface area contributed by atoms with Gasteiger partial charge in [0.05, 0.1) is 35.3 Å². The lowest BCUT2D eigenvalue weighted by atomic mass is 10.1. The summed E-state index contributed by atoms with van der Waals surface area (Å²) in [6.45, 7) is 4.13. The fourth-order valence-electron chi connectivity index (χ4n) is 5.74. The first-order valence-electron chi connectivity index (χ1n) is 15.1. The molecule has 0 fully saturated rings. The molecule has 0 spiro atoms. The van der Waals surface area contributed by atoms with Gasteiger partial charge in [0.15, 0.2) is 5.65 Å². The smallest absolute Gasteiger partial charge is 0.269 e. The van der Waals surface area contributed by atoms with Crippen LogP contribution in [0.3, 0.4) is 0 Å². The standard InChI is InChI=1S/C33H36N8O5S2/c1-19-7-9-22(10-8-19)48(44,45)40-13-11-23-30(35-24-12-14-47-29(24)32(43)34-3)37-33(38-31(23)40)36-25-17-26-21(16-27(25)46-6)15-20(2)41(26)28(42)18-39(4)5/h7-14,16-17,20H,15,18H2,1-6H3,(H,34,43)(H2,35,36,37,38). The van der Waals surface area contributed by atoms with Crippen LogP contribution in [0.1, 0.15) is 27.7 Å². The zero-order valence-electron chi connectivity index (χ0n) is 27.4. The summed E-state index contributed by atoms with van der Waals surface area (Å²) in [6, 6.07) is 13.6. The van der Waals surface area contributed by atoms with Crippen LogP contribution < -0.4 is 25.6 Å². The van der Waals surface area contributed by atoms with Crippen LogP contribution in [0, 0.1) is 6.92 Å². The summed E-state index contributed by atoms with van der Waals surface area (Å²) >= 11 is 1.26. The number of methoxy groups -OCH3 is 1. The van der Waals surface area contributed by atoms with Crippen molar-refractivity contribution in [3.63, 3.8) is 0 Å². The molecule has 13 nitrogen and oxygen atoms in total. The lowest BCUT2D eigenvalue weighted by Gasteiger charge is -2.25. The van der Waals surface area contributed by atoms with Crippen molar-refractivity contribution < 1.29 is 22.7 Å². The maximum absolute atomic E-state index is 13.9. The molecule has 0 aliphatic carbocycles. The number of benzene rings is 2. The van der Waals surface area contributed by atoms with E-state index >= 15 is 0 Å². The van der Waals surface area contributed by atoms with Gasteiger partial charge < -0.3 is 30.5 Å². The zero-order chi connectivity index (χ0) is 34.3. The minimum atomic E-state index is -4.05. The van der Waals surface area contributed by atoms with Crippen LogP contribution in [0.4, 0.5) is 28.8 Å². The van der Waals surface area contributed by atoms with Gasteiger partial charge in [-0.2, -0.15) is 9.97 Å². The highest BCUT2D eigenvalue weighted by molar-refractivity contribution is 7.90. The molecule has 15 heteroatoms. The molecule has 5 aromatic rings. The molecule has 1 unspecified atom stereocenters. The number of aromatic nitrogens is 3. The Morgan fingerprint density at radius 2 is 1.81 bits per heavy atom. The molecule has 1 atom stereocenters. The van der Waals surface area contributed by atoms with Crippen molar-refractivity contribution in [2.75, 3.05) is 50.3 Å². The molecule has 250 valence electrons. The molecule has 48 heavy (non-hydrogen) atoms. The molecule has 3 aromatic heterocycles. The second-order valence-electron chi connectivity index (χ2n) is 11.8. The van der Waals surface area contributed by atoms with E-state index in [9.17, 15) is 18.0 Å². The normalized spacial score (nSPS) is 14.3. The summed E-state index contributed by atoms with van der Waals surface area (Å²) in [4.78, 5) is 39.4. The number of thiophene rings is 1. The fourth-order valence-corrected chi connectivity index (χ4v) is 7.83. The Morgan fingerprint density at radius 3 is 2.50 bits per heavy atom. The third-order valence-electron chi connectivity index (χ3n) is 8.02. The summed E-state index contributed by atoms with van der Waals surface area (Å²) < 4.78 is 34.6. The molecule has 0 saturated heterocycles. The quantitative estimate of drug-likeness (QED) is 0.188. The van der Waals surface area contributed by atoms with Crippen molar-refractivity contribution in [1.29, 1.82) is 0 Å². The van der Waals surface area contributed by atoms with E-state index in [0.717, 1.165) is 20.8 Å². The van der Waals surface area contributed by atoms with E-state index in [1.54, 1.807) is 60.8 Å². The summed E-state index contributed by atoms with van der Waals surface area (Å²) in [7, 11) is 2.75. The van der Waals surface area contributed by atoms with Gasteiger partial charge >= 0.3 is 0 Å².